The third-order valence-electron chi connectivity index (χ3n) is 4.25. The number of halogens is 3. The number of nitrogens with one attached hydrogen (secondary N) is 1. The Balaban J connectivity index is 0.00000171. The van der Waals surface area contributed by atoms with E-state index in [1.54, 1.807) is 26.6 Å². The van der Waals surface area contributed by atoms with Gasteiger partial charge in [-0.15, -0.1) is 24.8 Å². The lowest BCUT2D eigenvalue weighted by Gasteiger charge is -2.11. The molecule has 0 unspecified atom stereocenters. The van der Waals surface area contributed by atoms with Crippen molar-refractivity contribution >= 4 is 70.7 Å². The van der Waals surface area contributed by atoms with Crippen molar-refractivity contribution in [3.63, 3.8) is 0 Å². The van der Waals surface area contributed by atoms with E-state index >= 15 is 0 Å². The first kappa shape index (κ1) is 24.9. The molecule has 0 fully saturated rings. The molecule has 0 aliphatic heterocycles. The van der Waals surface area contributed by atoms with Crippen LogP contribution in [0.1, 0.15) is 0 Å². The van der Waals surface area contributed by atoms with Crippen LogP contribution < -0.4 is 14.8 Å². The molecule has 11 heteroatoms. The standard InChI is InChI=1S/C20H18ClN5O2S.2ClH/c1-26-7-6-22-20(26)29-18-5-4-13(9-14(18)21)24-19-23-11-12-8-16(27-2)17(28-3)10-15(12)25-19;;/h4-11H,1-3H3,(H,23,24,25);2*1H. The Hall–Kier alpha value is -2.39. The second-order valence-corrected chi connectivity index (χ2v) is 7.57. The number of nitrogens with zero attached hydrogens (tertiary/aromatic N) is 4. The van der Waals surface area contributed by atoms with E-state index in [0.29, 0.717) is 22.5 Å². The minimum Gasteiger partial charge on any atom is -0.493 e. The Kier molecular flexibility index (Phi) is 8.64. The highest BCUT2D eigenvalue weighted by atomic mass is 35.5. The van der Waals surface area contributed by atoms with Crippen LogP contribution in [0, 0.1) is 0 Å². The average Bonchev–Trinajstić information content (AvgIpc) is 3.13. The van der Waals surface area contributed by atoms with Crippen LogP contribution >= 0.6 is 48.2 Å². The summed E-state index contributed by atoms with van der Waals surface area (Å²) in [6, 6.07) is 9.38. The Bertz CT molecular complexity index is 1190. The summed E-state index contributed by atoms with van der Waals surface area (Å²) in [5, 5.41) is 5.54. The van der Waals surface area contributed by atoms with Gasteiger partial charge >= 0.3 is 0 Å². The first-order valence-electron chi connectivity index (χ1n) is 8.68. The molecule has 4 aromatic rings. The lowest BCUT2D eigenvalue weighted by atomic mass is 10.2. The maximum atomic E-state index is 6.46. The lowest BCUT2D eigenvalue weighted by Crippen LogP contribution is -1.98. The summed E-state index contributed by atoms with van der Waals surface area (Å²) < 4.78 is 12.6. The summed E-state index contributed by atoms with van der Waals surface area (Å²) in [5.41, 5.74) is 1.53. The van der Waals surface area contributed by atoms with Gasteiger partial charge in [0, 0.05) is 47.7 Å². The first-order chi connectivity index (χ1) is 14.1. The molecule has 4 rings (SSSR count). The lowest BCUT2D eigenvalue weighted by molar-refractivity contribution is 0.356. The van der Waals surface area contributed by atoms with Crippen LogP contribution in [-0.2, 0) is 7.05 Å². The number of hydrogen-bond acceptors (Lipinski definition) is 7. The molecule has 31 heavy (non-hydrogen) atoms. The van der Waals surface area contributed by atoms with Gasteiger partial charge in [0.15, 0.2) is 16.7 Å². The molecule has 7 nitrogen and oxygen atoms in total. The van der Waals surface area contributed by atoms with Crippen molar-refractivity contribution in [3.05, 3.63) is 53.9 Å². The number of benzene rings is 2. The second-order valence-electron chi connectivity index (χ2n) is 6.15. The first-order valence-corrected chi connectivity index (χ1v) is 9.87. The number of methoxy groups -OCH3 is 2. The molecule has 0 aliphatic rings. The summed E-state index contributed by atoms with van der Waals surface area (Å²) in [7, 11) is 5.14. The predicted octanol–water partition coefficient (Wildman–Crippen LogP) is 5.77. The smallest absolute Gasteiger partial charge is 0.227 e. The molecule has 0 saturated heterocycles. The summed E-state index contributed by atoms with van der Waals surface area (Å²) in [6.07, 6.45) is 5.39. The Morgan fingerprint density at radius 1 is 1.03 bits per heavy atom. The quantitative estimate of drug-likeness (QED) is 0.360. The number of fused-ring (bicyclic) bond motifs is 1. The summed E-state index contributed by atoms with van der Waals surface area (Å²) in [6.45, 7) is 0. The van der Waals surface area contributed by atoms with Crippen LogP contribution in [0.15, 0.2) is 59.0 Å². The molecular formula is C20H20Cl3N5O2S. The normalized spacial score (nSPS) is 10.2. The second kappa shape index (κ2) is 10.8. The van der Waals surface area contributed by atoms with E-state index in [9.17, 15) is 0 Å². The molecule has 0 saturated carbocycles. The molecule has 0 amide bonds. The zero-order valence-corrected chi connectivity index (χ0v) is 20.0. The monoisotopic (exact) mass is 499 g/mol. The van der Waals surface area contributed by atoms with E-state index in [1.807, 2.05) is 48.1 Å². The third-order valence-corrected chi connectivity index (χ3v) is 5.83. The summed E-state index contributed by atoms with van der Waals surface area (Å²) in [5.74, 6) is 1.71. The molecule has 2 aromatic carbocycles. The highest BCUT2D eigenvalue weighted by Crippen LogP contribution is 2.35. The van der Waals surface area contributed by atoms with Gasteiger partial charge in [-0.05, 0) is 24.3 Å². The number of aryl methyl sites for hydroxylation is 1. The molecule has 0 bridgehead atoms. The van der Waals surface area contributed by atoms with E-state index in [0.717, 1.165) is 26.6 Å². The molecule has 0 spiro atoms. The molecular weight excluding hydrogens is 481 g/mol. The Labute approximate surface area is 201 Å². The van der Waals surface area contributed by atoms with Crippen LogP contribution in [0.3, 0.4) is 0 Å². The molecule has 0 atom stereocenters. The van der Waals surface area contributed by atoms with Crippen molar-refractivity contribution in [3.8, 4) is 11.5 Å². The van der Waals surface area contributed by atoms with Crippen LogP contribution in [0.5, 0.6) is 11.5 Å². The maximum absolute atomic E-state index is 6.46. The van der Waals surface area contributed by atoms with Gasteiger partial charge in [0.25, 0.3) is 0 Å². The van der Waals surface area contributed by atoms with Gasteiger partial charge in [0.2, 0.25) is 5.95 Å². The Morgan fingerprint density at radius 2 is 1.77 bits per heavy atom. The van der Waals surface area contributed by atoms with E-state index < -0.39 is 0 Å². The molecule has 164 valence electrons. The number of ether oxygens (including phenoxy) is 2. The van der Waals surface area contributed by atoms with Gasteiger partial charge in [-0.3, -0.25) is 0 Å². The van der Waals surface area contributed by atoms with Crippen LogP contribution in [0.25, 0.3) is 10.9 Å². The SMILES string of the molecule is COc1cc2cnc(Nc3ccc(Sc4nccn4C)c(Cl)c3)nc2cc1OC.Cl.Cl. The number of aromatic nitrogens is 4. The summed E-state index contributed by atoms with van der Waals surface area (Å²) in [4.78, 5) is 14.2. The van der Waals surface area contributed by atoms with Gasteiger partial charge < -0.3 is 19.4 Å². The van der Waals surface area contributed by atoms with Crippen molar-refractivity contribution in [2.45, 2.75) is 10.1 Å². The van der Waals surface area contributed by atoms with Crippen molar-refractivity contribution in [1.29, 1.82) is 0 Å². The summed E-state index contributed by atoms with van der Waals surface area (Å²) >= 11 is 7.97. The fourth-order valence-corrected chi connectivity index (χ4v) is 3.86. The van der Waals surface area contributed by atoms with E-state index in [2.05, 4.69) is 20.3 Å². The van der Waals surface area contributed by atoms with Gasteiger partial charge in [-0.2, -0.15) is 0 Å². The van der Waals surface area contributed by atoms with Crippen molar-refractivity contribution in [2.24, 2.45) is 7.05 Å². The van der Waals surface area contributed by atoms with Crippen molar-refractivity contribution in [2.75, 3.05) is 19.5 Å². The topological polar surface area (TPSA) is 74.1 Å². The third kappa shape index (κ3) is 5.46. The van der Waals surface area contributed by atoms with Crippen LogP contribution in [0.4, 0.5) is 11.6 Å². The van der Waals surface area contributed by atoms with E-state index in [-0.39, 0.29) is 24.8 Å². The Morgan fingerprint density at radius 3 is 2.42 bits per heavy atom. The van der Waals surface area contributed by atoms with Gasteiger partial charge in [0.05, 0.1) is 24.8 Å². The van der Waals surface area contributed by atoms with Gasteiger partial charge in [-0.1, -0.05) is 23.4 Å². The highest BCUT2D eigenvalue weighted by Gasteiger charge is 2.10. The molecule has 2 aromatic heterocycles. The fourth-order valence-electron chi connectivity index (χ4n) is 2.76. The number of imidazole rings is 1. The predicted molar refractivity (Wildman–Crippen MR) is 129 cm³/mol. The number of anilines is 2. The highest BCUT2D eigenvalue weighted by molar-refractivity contribution is 7.99. The molecule has 0 aliphatic carbocycles. The minimum absolute atomic E-state index is 0. The molecule has 2 heterocycles. The van der Waals surface area contributed by atoms with E-state index in [4.69, 9.17) is 21.1 Å². The molecule has 0 radical (unpaired) electrons. The van der Waals surface area contributed by atoms with Crippen LogP contribution in [0.2, 0.25) is 5.02 Å². The average molecular weight is 501 g/mol. The van der Waals surface area contributed by atoms with Crippen molar-refractivity contribution < 1.29 is 9.47 Å². The van der Waals surface area contributed by atoms with Gasteiger partial charge in [-0.25, -0.2) is 15.0 Å². The number of hydrogen-bond donors (Lipinski definition) is 1. The van der Waals surface area contributed by atoms with E-state index in [1.165, 1.54) is 11.8 Å². The number of rotatable bonds is 6. The zero-order chi connectivity index (χ0) is 20.4. The van der Waals surface area contributed by atoms with Crippen molar-refractivity contribution in [1.82, 2.24) is 19.5 Å². The zero-order valence-electron chi connectivity index (χ0n) is 16.8. The molecule has 1 N–H and O–H groups in total. The van der Waals surface area contributed by atoms with Gasteiger partial charge in [0.1, 0.15) is 0 Å². The minimum atomic E-state index is 0. The largest absolute Gasteiger partial charge is 0.493 e. The fraction of sp³-hybridized carbons (Fsp3) is 0.150. The van der Waals surface area contributed by atoms with Crippen LogP contribution in [-0.4, -0.2) is 33.7 Å². The maximum Gasteiger partial charge on any atom is 0.227 e.